The van der Waals surface area contributed by atoms with Crippen molar-refractivity contribution < 1.29 is 9.59 Å². The van der Waals surface area contributed by atoms with Crippen LogP contribution in [0.15, 0.2) is 84.9 Å². The second-order valence-electron chi connectivity index (χ2n) is 6.51. The summed E-state index contributed by atoms with van der Waals surface area (Å²) in [5.41, 5.74) is 2.63. The lowest BCUT2D eigenvalue weighted by Crippen LogP contribution is -2.33. The van der Waals surface area contributed by atoms with E-state index in [1.807, 2.05) is 42.5 Å². The summed E-state index contributed by atoms with van der Waals surface area (Å²) in [6.07, 6.45) is 2.94. The molecule has 0 saturated heterocycles. The van der Waals surface area contributed by atoms with Gasteiger partial charge in [0.1, 0.15) is 0 Å². The Hall–Kier alpha value is -3.48. The number of benzene rings is 3. The van der Waals surface area contributed by atoms with Gasteiger partial charge in [0.25, 0.3) is 5.91 Å². The zero-order chi connectivity index (χ0) is 22.1. The van der Waals surface area contributed by atoms with Crippen LogP contribution in [0.5, 0.6) is 0 Å². The van der Waals surface area contributed by atoms with E-state index in [1.165, 1.54) is 6.08 Å². The largest absolute Gasteiger partial charge is 0.348 e. The molecule has 31 heavy (non-hydrogen) atoms. The average molecular weight is 450 g/mol. The Kier molecular flexibility index (Phi) is 7.92. The lowest BCUT2D eigenvalue weighted by atomic mass is 10.1. The van der Waals surface area contributed by atoms with E-state index < -0.39 is 5.91 Å². The highest BCUT2D eigenvalue weighted by Gasteiger charge is 2.12. The molecule has 3 aromatic rings. The van der Waals surface area contributed by atoms with E-state index in [-0.39, 0.29) is 11.0 Å². The predicted octanol–water partition coefficient (Wildman–Crippen LogP) is 4.80. The van der Waals surface area contributed by atoms with Crippen molar-refractivity contribution in [2.24, 2.45) is 0 Å². The molecule has 0 bridgehead atoms. The Morgan fingerprint density at radius 2 is 1.58 bits per heavy atom. The second-order valence-corrected chi connectivity index (χ2v) is 7.33. The van der Waals surface area contributed by atoms with E-state index in [2.05, 4.69) is 16.0 Å². The minimum atomic E-state index is -0.413. The van der Waals surface area contributed by atoms with E-state index in [0.717, 1.165) is 11.1 Å². The third-order valence-electron chi connectivity index (χ3n) is 4.27. The molecule has 0 saturated carbocycles. The molecule has 0 aliphatic rings. The highest BCUT2D eigenvalue weighted by atomic mass is 35.5. The van der Waals surface area contributed by atoms with Crippen molar-refractivity contribution in [3.63, 3.8) is 0 Å². The molecule has 0 aliphatic heterocycles. The maximum absolute atomic E-state index is 12.6. The summed E-state index contributed by atoms with van der Waals surface area (Å²) in [5.74, 6) is -0.664. The van der Waals surface area contributed by atoms with Crippen molar-refractivity contribution >= 4 is 52.5 Å². The van der Waals surface area contributed by atoms with Crippen LogP contribution >= 0.6 is 23.8 Å². The standard InChI is InChI=1S/C24H20ClN3O2S/c25-20-12-6-4-10-18(20)14-15-22(29)28-24(31)27-21-13-7-5-11-19(21)23(30)26-16-17-8-2-1-3-9-17/h1-15H,16H2,(H,26,30)(H2,27,28,29,31). The lowest BCUT2D eigenvalue weighted by molar-refractivity contribution is -0.115. The van der Waals surface area contributed by atoms with Gasteiger partial charge in [-0.25, -0.2) is 0 Å². The summed E-state index contributed by atoms with van der Waals surface area (Å²) in [4.78, 5) is 24.8. The number of hydrogen-bond donors (Lipinski definition) is 3. The molecule has 3 N–H and O–H groups in total. The summed E-state index contributed by atoms with van der Waals surface area (Å²) in [5, 5.41) is 8.98. The van der Waals surface area contributed by atoms with Gasteiger partial charge in [-0.15, -0.1) is 0 Å². The topological polar surface area (TPSA) is 70.2 Å². The average Bonchev–Trinajstić information content (AvgIpc) is 2.78. The maximum Gasteiger partial charge on any atom is 0.253 e. The monoisotopic (exact) mass is 449 g/mol. The number of thiocarbonyl (C=S) groups is 1. The fourth-order valence-corrected chi connectivity index (χ4v) is 3.16. The maximum atomic E-state index is 12.6. The molecule has 7 heteroatoms. The molecule has 3 rings (SSSR count). The number of para-hydroxylation sites is 1. The zero-order valence-corrected chi connectivity index (χ0v) is 18.0. The van der Waals surface area contributed by atoms with Gasteiger partial charge in [0.2, 0.25) is 5.91 Å². The van der Waals surface area contributed by atoms with Crippen LogP contribution in [0, 0.1) is 0 Å². The Morgan fingerprint density at radius 1 is 0.903 bits per heavy atom. The molecule has 3 aromatic carbocycles. The van der Waals surface area contributed by atoms with Gasteiger partial charge in [-0.2, -0.15) is 0 Å². The molecule has 0 fully saturated rings. The summed E-state index contributed by atoms with van der Waals surface area (Å²) < 4.78 is 0. The first-order valence-corrected chi connectivity index (χ1v) is 10.3. The first kappa shape index (κ1) is 22.2. The van der Waals surface area contributed by atoms with Crippen molar-refractivity contribution in [1.29, 1.82) is 0 Å². The molecule has 0 unspecified atom stereocenters. The minimum absolute atomic E-state index is 0.0807. The number of amides is 2. The van der Waals surface area contributed by atoms with Crippen molar-refractivity contribution in [3.05, 3.63) is 107 Å². The van der Waals surface area contributed by atoms with Gasteiger partial charge in [0, 0.05) is 17.6 Å². The number of halogens is 1. The SMILES string of the molecule is O=C(C=Cc1ccccc1Cl)NC(=S)Nc1ccccc1C(=O)NCc1ccccc1. The van der Waals surface area contributed by atoms with E-state index in [9.17, 15) is 9.59 Å². The number of anilines is 1. The Bertz CT molecular complexity index is 1120. The van der Waals surface area contributed by atoms with Crippen LogP contribution in [0.4, 0.5) is 5.69 Å². The van der Waals surface area contributed by atoms with Crippen LogP contribution in [0.1, 0.15) is 21.5 Å². The molecule has 0 aliphatic carbocycles. The van der Waals surface area contributed by atoms with Gasteiger partial charge < -0.3 is 10.6 Å². The fourth-order valence-electron chi connectivity index (χ4n) is 2.75. The molecular weight excluding hydrogens is 430 g/mol. The summed E-state index contributed by atoms with van der Waals surface area (Å²) in [7, 11) is 0. The molecule has 0 atom stereocenters. The van der Waals surface area contributed by atoms with Crippen LogP contribution in [0.3, 0.4) is 0 Å². The first-order valence-electron chi connectivity index (χ1n) is 9.48. The Labute approximate surface area is 191 Å². The summed E-state index contributed by atoms with van der Waals surface area (Å²) >= 11 is 11.3. The Balaban J connectivity index is 1.59. The highest BCUT2D eigenvalue weighted by Crippen LogP contribution is 2.17. The minimum Gasteiger partial charge on any atom is -0.348 e. The molecule has 0 heterocycles. The number of carbonyl (C=O) groups is 2. The van der Waals surface area contributed by atoms with E-state index >= 15 is 0 Å². The van der Waals surface area contributed by atoms with Crippen molar-refractivity contribution in [2.45, 2.75) is 6.54 Å². The fraction of sp³-hybridized carbons (Fsp3) is 0.0417. The summed E-state index contributed by atoms with van der Waals surface area (Å²) in [6, 6.07) is 23.7. The molecule has 0 spiro atoms. The van der Waals surface area contributed by atoms with Gasteiger partial charge in [-0.1, -0.05) is 72.3 Å². The first-order chi connectivity index (χ1) is 15.0. The molecular formula is C24H20ClN3O2S. The second kappa shape index (κ2) is 11.1. The molecule has 2 amide bonds. The van der Waals surface area contributed by atoms with Gasteiger partial charge >= 0.3 is 0 Å². The van der Waals surface area contributed by atoms with Gasteiger partial charge in [-0.05, 0) is 47.6 Å². The number of carbonyl (C=O) groups excluding carboxylic acids is 2. The van der Waals surface area contributed by atoms with Crippen molar-refractivity contribution in [3.8, 4) is 0 Å². The van der Waals surface area contributed by atoms with Crippen LogP contribution in [-0.4, -0.2) is 16.9 Å². The van der Waals surface area contributed by atoms with E-state index in [0.29, 0.717) is 22.8 Å². The molecule has 0 radical (unpaired) electrons. The number of nitrogens with one attached hydrogen (secondary N) is 3. The van der Waals surface area contributed by atoms with Crippen LogP contribution in [0.2, 0.25) is 5.02 Å². The third-order valence-corrected chi connectivity index (χ3v) is 4.82. The third kappa shape index (κ3) is 6.77. The van der Waals surface area contributed by atoms with E-state index in [4.69, 9.17) is 23.8 Å². The van der Waals surface area contributed by atoms with Crippen LogP contribution in [-0.2, 0) is 11.3 Å². The lowest BCUT2D eigenvalue weighted by Gasteiger charge is -2.13. The van der Waals surface area contributed by atoms with Crippen LogP contribution in [0.25, 0.3) is 6.08 Å². The Morgan fingerprint density at radius 3 is 2.35 bits per heavy atom. The summed E-state index contributed by atoms with van der Waals surface area (Å²) in [6.45, 7) is 0.405. The van der Waals surface area contributed by atoms with Gasteiger partial charge in [0.05, 0.1) is 11.3 Å². The van der Waals surface area contributed by atoms with Crippen molar-refractivity contribution in [1.82, 2.24) is 10.6 Å². The smallest absolute Gasteiger partial charge is 0.253 e. The van der Waals surface area contributed by atoms with Gasteiger partial charge in [-0.3, -0.25) is 14.9 Å². The highest BCUT2D eigenvalue weighted by molar-refractivity contribution is 7.80. The van der Waals surface area contributed by atoms with Gasteiger partial charge in [0.15, 0.2) is 5.11 Å². The van der Waals surface area contributed by atoms with E-state index in [1.54, 1.807) is 42.5 Å². The molecule has 156 valence electrons. The van der Waals surface area contributed by atoms with Crippen molar-refractivity contribution in [2.75, 3.05) is 5.32 Å². The predicted molar refractivity (Wildman–Crippen MR) is 129 cm³/mol. The quantitative estimate of drug-likeness (QED) is 0.373. The molecule has 5 nitrogen and oxygen atoms in total. The zero-order valence-electron chi connectivity index (χ0n) is 16.5. The normalized spacial score (nSPS) is 10.5. The number of rotatable bonds is 6. The number of hydrogen-bond acceptors (Lipinski definition) is 3. The molecule has 0 aromatic heterocycles. The van der Waals surface area contributed by atoms with Crippen LogP contribution < -0.4 is 16.0 Å².